The molecule has 0 saturated carbocycles. The first-order chi connectivity index (χ1) is 8.11. The fraction of sp³-hybridized carbons (Fsp3) is 0.200. The van der Waals surface area contributed by atoms with Crippen LogP contribution < -0.4 is 10.5 Å². The third kappa shape index (κ3) is 2.45. The third-order valence-electron chi connectivity index (χ3n) is 1.93. The summed E-state index contributed by atoms with van der Waals surface area (Å²) < 4.78 is 10.8. The van der Waals surface area contributed by atoms with Crippen LogP contribution >= 0.6 is 23.2 Å². The van der Waals surface area contributed by atoms with Gasteiger partial charge < -0.3 is 9.15 Å². The van der Waals surface area contributed by atoms with Gasteiger partial charge in [0.15, 0.2) is 0 Å². The summed E-state index contributed by atoms with van der Waals surface area (Å²) in [6.07, 6.45) is -0.103. The molecule has 5 nitrogen and oxygen atoms in total. The standard InChI is InChI=1S/C10H8Cl2N2O3/c1-2-16-9-13-14(10(15)17-9)8-5-6(11)3-4-7(8)12/h3-5H,2H2,1H3. The molecule has 0 aliphatic carbocycles. The molecule has 0 saturated heterocycles. The summed E-state index contributed by atoms with van der Waals surface area (Å²) in [5.74, 6) is -0.683. The van der Waals surface area contributed by atoms with Crippen molar-refractivity contribution in [1.29, 1.82) is 0 Å². The Labute approximate surface area is 107 Å². The van der Waals surface area contributed by atoms with E-state index in [1.165, 1.54) is 6.07 Å². The summed E-state index contributed by atoms with van der Waals surface area (Å²) in [5.41, 5.74) is 0.346. The lowest BCUT2D eigenvalue weighted by Gasteiger charge is -2.01. The molecule has 17 heavy (non-hydrogen) atoms. The first kappa shape index (κ1) is 12.0. The average molecular weight is 275 g/mol. The molecule has 0 N–H and O–H groups in total. The molecule has 1 aromatic heterocycles. The second kappa shape index (κ2) is 4.81. The van der Waals surface area contributed by atoms with Gasteiger partial charge >= 0.3 is 11.8 Å². The van der Waals surface area contributed by atoms with Gasteiger partial charge in [0.1, 0.15) is 0 Å². The topological polar surface area (TPSA) is 57.3 Å². The quantitative estimate of drug-likeness (QED) is 0.863. The Morgan fingerprint density at radius 2 is 2.24 bits per heavy atom. The average Bonchev–Trinajstić information content (AvgIpc) is 2.64. The van der Waals surface area contributed by atoms with Gasteiger partial charge in [0.05, 0.1) is 17.3 Å². The van der Waals surface area contributed by atoms with Crippen molar-refractivity contribution in [2.45, 2.75) is 6.92 Å². The molecule has 0 unspecified atom stereocenters. The zero-order valence-electron chi connectivity index (χ0n) is 8.81. The maximum Gasteiger partial charge on any atom is 0.444 e. The number of nitrogens with zero attached hydrogens (tertiary/aromatic N) is 2. The summed E-state index contributed by atoms with van der Waals surface area (Å²) in [4.78, 5) is 11.5. The Hall–Kier alpha value is -1.46. The minimum atomic E-state index is -0.683. The van der Waals surface area contributed by atoms with Gasteiger partial charge in [-0.3, -0.25) is 0 Å². The number of aromatic nitrogens is 2. The van der Waals surface area contributed by atoms with Gasteiger partial charge in [-0.2, -0.15) is 4.68 Å². The van der Waals surface area contributed by atoms with Crippen molar-refractivity contribution >= 4 is 23.2 Å². The second-order valence-corrected chi connectivity index (χ2v) is 3.92. The van der Waals surface area contributed by atoms with E-state index in [-0.39, 0.29) is 6.08 Å². The number of hydrogen-bond acceptors (Lipinski definition) is 4. The van der Waals surface area contributed by atoms with E-state index in [1.54, 1.807) is 19.1 Å². The Morgan fingerprint density at radius 3 is 2.94 bits per heavy atom. The van der Waals surface area contributed by atoms with E-state index in [0.717, 1.165) is 4.68 Å². The smallest absolute Gasteiger partial charge is 0.444 e. The molecule has 1 heterocycles. The first-order valence-corrected chi connectivity index (χ1v) is 5.56. The molecule has 2 aromatic rings. The number of benzene rings is 1. The van der Waals surface area contributed by atoms with E-state index in [4.69, 9.17) is 32.4 Å². The molecule has 0 atom stereocenters. The van der Waals surface area contributed by atoms with E-state index in [9.17, 15) is 4.79 Å². The van der Waals surface area contributed by atoms with Crippen LogP contribution in [-0.4, -0.2) is 16.4 Å². The summed E-state index contributed by atoms with van der Waals surface area (Å²) in [6, 6.07) is 4.70. The minimum Gasteiger partial charge on any atom is -0.449 e. The zero-order valence-corrected chi connectivity index (χ0v) is 10.3. The van der Waals surface area contributed by atoms with Crippen LogP contribution in [0.5, 0.6) is 6.08 Å². The highest BCUT2D eigenvalue weighted by molar-refractivity contribution is 6.34. The molecule has 0 aliphatic heterocycles. The maximum atomic E-state index is 11.5. The molecular weight excluding hydrogens is 267 g/mol. The number of rotatable bonds is 3. The van der Waals surface area contributed by atoms with E-state index < -0.39 is 5.76 Å². The van der Waals surface area contributed by atoms with Crippen molar-refractivity contribution in [2.24, 2.45) is 0 Å². The molecule has 0 fully saturated rings. The lowest BCUT2D eigenvalue weighted by Crippen LogP contribution is -2.13. The molecular formula is C10H8Cl2N2O3. The van der Waals surface area contributed by atoms with E-state index in [2.05, 4.69) is 5.10 Å². The van der Waals surface area contributed by atoms with Gasteiger partial charge in [-0.15, -0.1) is 0 Å². The van der Waals surface area contributed by atoms with Crippen molar-refractivity contribution in [2.75, 3.05) is 6.61 Å². The highest BCUT2D eigenvalue weighted by atomic mass is 35.5. The van der Waals surface area contributed by atoms with Crippen LogP contribution in [0.3, 0.4) is 0 Å². The van der Waals surface area contributed by atoms with Crippen LogP contribution in [-0.2, 0) is 0 Å². The fourth-order valence-corrected chi connectivity index (χ4v) is 1.61. The van der Waals surface area contributed by atoms with Gasteiger partial charge in [0.25, 0.3) is 0 Å². The molecule has 0 spiro atoms. The highest BCUT2D eigenvalue weighted by Crippen LogP contribution is 2.23. The maximum absolute atomic E-state index is 11.5. The van der Waals surface area contributed by atoms with Crippen molar-refractivity contribution in [1.82, 2.24) is 9.78 Å². The van der Waals surface area contributed by atoms with E-state index >= 15 is 0 Å². The number of hydrogen-bond donors (Lipinski definition) is 0. The Morgan fingerprint density at radius 1 is 1.47 bits per heavy atom. The molecule has 2 rings (SSSR count). The van der Waals surface area contributed by atoms with Crippen LogP contribution in [0.25, 0.3) is 5.69 Å². The normalized spacial score (nSPS) is 10.5. The van der Waals surface area contributed by atoms with Crippen LogP contribution in [0.1, 0.15) is 6.92 Å². The summed E-state index contributed by atoms with van der Waals surface area (Å²) in [5, 5.41) is 4.63. The Kier molecular flexibility index (Phi) is 3.40. The predicted molar refractivity (Wildman–Crippen MR) is 63.3 cm³/mol. The molecule has 7 heteroatoms. The SMILES string of the molecule is CCOc1nn(-c2cc(Cl)ccc2Cl)c(=O)o1. The number of halogens is 2. The zero-order chi connectivity index (χ0) is 12.4. The van der Waals surface area contributed by atoms with Crippen molar-refractivity contribution < 1.29 is 9.15 Å². The van der Waals surface area contributed by atoms with E-state index in [1.807, 2.05) is 0 Å². The number of ether oxygens (including phenoxy) is 1. The van der Waals surface area contributed by atoms with Gasteiger partial charge in [-0.25, -0.2) is 4.79 Å². The van der Waals surface area contributed by atoms with Gasteiger partial charge in [-0.05, 0) is 25.1 Å². The lowest BCUT2D eigenvalue weighted by molar-refractivity contribution is 0.238. The molecule has 0 aliphatic rings. The highest BCUT2D eigenvalue weighted by Gasteiger charge is 2.13. The summed E-state index contributed by atoms with van der Waals surface area (Å²) in [6.45, 7) is 2.11. The second-order valence-electron chi connectivity index (χ2n) is 3.07. The minimum absolute atomic E-state index is 0.103. The Bertz CT molecular complexity index is 591. The lowest BCUT2D eigenvalue weighted by atomic mass is 10.3. The Balaban J connectivity index is 2.52. The van der Waals surface area contributed by atoms with Crippen LogP contribution in [0.4, 0.5) is 0 Å². The van der Waals surface area contributed by atoms with Crippen LogP contribution in [0, 0.1) is 0 Å². The third-order valence-corrected chi connectivity index (χ3v) is 2.49. The molecule has 90 valence electrons. The predicted octanol–water partition coefficient (Wildman–Crippen LogP) is 2.53. The van der Waals surface area contributed by atoms with Crippen molar-refractivity contribution in [3.05, 3.63) is 38.8 Å². The molecule has 0 amide bonds. The summed E-state index contributed by atoms with van der Waals surface area (Å²) >= 11 is 11.8. The molecule has 0 bridgehead atoms. The summed E-state index contributed by atoms with van der Waals surface area (Å²) in [7, 11) is 0. The van der Waals surface area contributed by atoms with Crippen molar-refractivity contribution in [3.63, 3.8) is 0 Å². The fourth-order valence-electron chi connectivity index (χ4n) is 1.24. The monoisotopic (exact) mass is 274 g/mol. The largest absolute Gasteiger partial charge is 0.449 e. The molecule has 1 aromatic carbocycles. The first-order valence-electron chi connectivity index (χ1n) is 4.80. The van der Waals surface area contributed by atoms with Crippen molar-refractivity contribution in [3.8, 4) is 11.8 Å². The van der Waals surface area contributed by atoms with Gasteiger partial charge in [0, 0.05) is 5.02 Å². The van der Waals surface area contributed by atoms with Gasteiger partial charge in [0.2, 0.25) is 0 Å². The molecule has 0 radical (unpaired) electrons. The van der Waals surface area contributed by atoms with Crippen LogP contribution in [0.15, 0.2) is 27.4 Å². The van der Waals surface area contributed by atoms with E-state index in [0.29, 0.717) is 22.3 Å². The van der Waals surface area contributed by atoms with Crippen LogP contribution in [0.2, 0.25) is 10.0 Å². The van der Waals surface area contributed by atoms with Gasteiger partial charge in [-0.1, -0.05) is 28.3 Å².